The topological polar surface area (TPSA) is 61.9 Å². The Kier molecular flexibility index (Phi) is 4.92. The van der Waals surface area contributed by atoms with Crippen LogP contribution < -0.4 is 5.73 Å². The number of amidine groups is 1. The molecule has 0 amide bonds. The molecule has 0 radical (unpaired) electrons. The highest BCUT2D eigenvalue weighted by molar-refractivity contribution is 8.00. The van der Waals surface area contributed by atoms with Crippen LogP contribution in [0.2, 0.25) is 0 Å². The van der Waals surface area contributed by atoms with Gasteiger partial charge in [-0.3, -0.25) is 4.90 Å². The maximum atomic E-state index is 8.77. The highest BCUT2D eigenvalue weighted by Gasteiger charge is 2.28. The Morgan fingerprint density at radius 2 is 2.25 bits per heavy atom. The van der Waals surface area contributed by atoms with E-state index in [0.29, 0.717) is 10.6 Å². The zero-order valence-corrected chi connectivity index (χ0v) is 11.3. The van der Waals surface area contributed by atoms with Gasteiger partial charge < -0.3 is 10.9 Å². The van der Waals surface area contributed by atoms with Crippen molar-refractivity contribution in [3.63, 3.8) is 0 Å². The SMILES string of the molecule is CCC(C(N)=NO)N1CCSC(C)(C)CC1. The monoisotopic (exact) mass is 245 g/mol. The van der Waals surface area contributed by atoms with E-state index < -0.39 is 0 Å². The summed E-state index contributed by atoms with van der Waals surface area (Å²) in [5.41, 5.74) is 5.73. The standard InChI is InChI=1S/C11H23N3OS/c1-4-9(10(12)13-15)14-6-5-11(2,3)16-8-7-14/h9,15H,4-8H2,1-3H3,(H2,12,13). The molecular formula is C11H23N3OS. The molecule has 0 saturated carbocycles. The molecule has 0 bridgehead atoms. The van der Waals surface area contributed by atoms with Crippen LogP contribution in [0.1, 0.15) is 33.6 Å². The zero-order chi connectivity index (χ0) is 12.2. The molecule has 94 valence electrons. The van der Waals surface area contributed by atoms with Crippen molar-refractivity contribution in [2.75, 3.05) is 18.8 Å². The quantitative estimate of drug-likeness (QED) is 0.344. The minimum absolute atomic E-state index is 0.0829. The number of rotatable bonds is 3. The van der Waals surface area contributed by atoms with E-state index in [9.17, 15) is 0 Å². The molecule has 16 heavy (non-hydrogen) atoms. The van der Waals surface area contributed by atoms with Gasteiger partial charge in [-0.05, 0) is 12.8 Å². The van der Waals surface area contributed by atoms with Crippen LogP contribution >= 0.6 is 11.8 Å². The van der Waals surface area contributed by atoms with E-state index in [-0.39, 0.29) is 6.04 Å². The highest BCUT2D eigenvalue weighted by Crippen LogP contribution is 2.31. The third-order valence-electron chi connectivity index (χ3n) is 3.16. The molecule has 1 saturated heterocycles. The summed E-state index contributed by atoms with van der Waals surface area (Å²) >= 11 is 2.01. The first kappa shape index (κ1) is 13.6. The maximum Gasteiger partial charge on any atom is 0.156 e. The molecule has 0 aromatic heterocycles. The summed E-state index contributed by atoms with van der Waals surface area (Å²) in [5, 5.41) is 11.9. The lowest BCUT2D eigenvalue weighted by molar-refractivity contribution is 0.236. The molecule has 1 atom stereocenters. The third-order valence-corrected chi connectivity index (χ3v) is 4.53. The summed E-state index contributed by atoms with van der Waals surface area (Å²) < 4.78 is 0.345. The third kappa shape index (κ3) is 3.56. The van der Waals surface area contributed by atoms with Crippen LogP contribution in [0, 0.1) is 0 Å². The van der Waals surface area contributed by atoms with E-state index >= 15 is 0 Å². The van der Waals surface area contributed by atoms with Gasteiger partial charge in [0, 0.05) is 23.6 Å². The lowest BCUT2D eigenvalue weighted by Gasteiger charge is -2.29. The second-order valence-corrected chi connectivity index (χ2v) is 6.65. The zero-order valence-electron chi connectivity index (χ0n) is 10.4. The molecule has 4 nitrogen and oxygen atoms in total. The largest absolute Gasteiger partial charge is 0.409 e. The van der Waals surface area contributed by atoms with Gasteiger partial charge >= 0.3 is 0 Å². The Morgan fingerprint density at radius 3 is 2.81 bits per heavy atom. The second-order valence-electron chi connectivity index (χ2n) is 4.84. The average molecular weight is 245 g/mol. The Labute approximate surface area is 102 Å². The van der Waals surface area contributed by atoms with Gasteiger partial charge in [-0.2, -0.15) is 11.8 Å². The second kappa shape index (κ2) is 5.77. The van der Waals surface area contributed by atoms with Gasteiger partial charge in [0.05, 0.1) is 6.04 Å². The number of nitrogens with two attached hydrogens (primary N) is 1. The van der Waals surface area contributed by atoms with Gasteiger partial charge in [0.25, 0.3) is 0 Å². The summed E-state index contributed by atoms with van der Waals surface area (Å²) in [5.74, 6) is 1.45. The Balaban J connectivity index is 2.65. The molecule has 1 aliphatic heterocycles. The summed E-state index contributed by atoms with van der Waals surface area (Å²) in [6.07, 6.45) is 2.04. The van der Waals surface area contributed by atoms with Crippen LogP contribution in [0.3, 0.4) is 0 Å². The lowest BCUT2D eigenvalue weighted by Crippen LogP contribution is -2.45. The summed E-state index contributed by atoms with van der Waals surface area (Å²) in [6, 6.07) is 0.0829. The van der Waals surface area contributed by atoms with Crippen LogP contribution in [0.25, 0.3) is 0 Å². The molecule has 1 unspecified atom stereocenters. The van der Waals surface area contributed by atoms with Gasteiger partial charge in [0.2, 0.25) is 0 Å². The molecule has 0 spiro atoms. The van der Waals surface area contributed by atoms with Crippen molar-refractivity contribution in [2.45, 2.75) is 44.4 Å². The van der Waals surface area contributed by atoms with Crippen molar-refractivity contribution in [2.24, 2.45) is 10.9 Å². The number of hydrogen-bond donors (Lipinski definition) is 2. The molecule has 0 aliphatic carbocycles. The number of thioether (sulfide) groups is 1. The Morgan fingerprint density at radius 1 is 1.56 bits per heavy atom. The smallest absolute Gasteiger partial charge is 0.156 e. The number of hydrogen-bond acceptors (Lipinski definition) is 4. The predicted octanol–water partition coefficient (Wildman–Crippen LogP) is 1.73. The molecule has 3 N–H and O–H groups in total. The van der Waals surface area contributed by atoms with Crippen LogP contribution in [0.15, 0.2) is 5.16 Å². The summed E-state index contributed by atoms with van der Waals surface area (Å²) in [4.78, 5) is 2.33. The van der Waals surface area contributed by atoms with Gasteiger partial charge in [-0.25, -0.2) is 0 Å². The molecule has 0 aromatic carbocycles. The van der Waals surface area contributed by atoms with E-state index in [1.807, 2.05) is 11.8 Å². The Bertz CT molecular complexity index is 256. The minimum Gasteiger partial charge on any atom is -0.409 e. The van der Waals surface area contributed by atoms with Crippen molar-refractivity contribution in [3.05, 3.63) is 0 Å². The van der Waals surface area contributed by atoms with Crippen molar-refractivity contribution >= 4 is 17.6 Å². The highest BCUT2D eigenvalue weighted by atomic mass is 32.2. The molecule has 1 fully saturated rings. The molecule has 0 aromatic rings. The summed E-state index contributed by atoms with van der Waals surface area (Å²) in [6.45, 7) is 8.68. The van der Waals surface area contributed by atoms with Crippen molar-refractivity contribution in [3.8, 4) is 0 Å². The number of nitrogens with zero attached hydrogens (tertiary/aromatic N) is 2. The van der Waals surface area contributed by atoms with Crippen LogP contribution in [-0.4, -0.2) is 45.6 Å². The molecule has 1 rings (SSSR count). The van der Waals surface area contributed by atoms with Gasteiger partial charge in [0.15, 0.2) is 5.84 Å². The van der Waals surface area contributed by atoms with E-state index in [1.165, 1.54) is 0 Å². The Hall–Kier alpha value is -0.420. The first-order chi connectivity index (χ1) is 7.50. The fourth-order valence-electron chi connectivity index (χ4n) is 2.07. The number of oxime groups is 1. The average Bonchev–Trinajstić information content (AvgIpc) is 2.41. The van der Waals surface area contributed by atoms with Crippen molar-refractivity contribution < 1.29 is 5.21 Å². The summed E-state index contributed by atoms with van der Waals surface area (Å²) in [7, 11) is 0. The van der Waals surface area contributed by atoms with Crippen LogP contribution in [0.5, 0.6) is 0 Å². The minimum atomic E-state index is 0.0829. The van der Waals surface area contributed by atoms with Crippen molar-refractivity contribution in [1.29, 1.82) is 0 Å². The molecule has 1 heterocycles. The first-order valence-electron chi connectivity index (χ1n) is 5.85. The molecule has 5 heteroatoms. The van der Waals surface area contributed by atoms with Crippen molar-refractivity contribution in [1.82, 2.24) is 4.90 Å². The normalized spacial score (nSPS) is 25.1. The van der Waals surface area contributed by atoms with Crippen LogP contribution in [-0.2, 0) is 0 Å². The van der Waals surface area contributed by atoms with E-state index in [4.69, 9.17) is 10.9 Å². The van der Waals surface area contributed by atoms with E-state index in [1.54, 1.807) is 0 Å². The lowest BCUT2D eigenvalue weighted by atomic mass is 10.1. The molecule has 1 aliphatic rings. The van der Waals surface area contributed by atoms with E-state index in [2.05, 4.69) is 30.8 Å². The van der Waals surface area contributed by atoms with Gasteiger partial charge in [-0.1, -0.05) is 25.9 Å². The first-order valence-corrected chi connectivity index (χ1v) is 6.84. The fraction of sp³-hybridized carbons (Fsp3) is 0.909. The molecular weight excluding hydrogens is 222 g/mol. The maximum absolute atomic E-state index is 8.77. The van der Waals surface area contributed by atoms with Gasteiger partial charge in [-0.15, -0.1) is 0 Å². The van der Waals surface area contributed by atoms with Crippen LogP contribution in [0.4, 0.5) is 0 Å². The fourth-order valence-corrected chi connectivity index (χ4v) is 3.18. The predicted molar refractivity (Wildman–Crippen MR) is 70.2 cm³/mol. The van der Waals surface area contributed by atoms with Gasteiger partial charge in [0.1, 0.15) is 0 Å². The van der Waals surface area contributed by atoms with E-state index in [0.717, 1.165) is 31.7 Å².